The lowest BCUT2D eigenvalue weighted by Crippen LogP contribution is -2.31. The highest BCUT2D eigenvalue weighted by Gasteiger charge is 2.18. The van der Waals surface area contributed by atoms with Gasteiger partial charge in [0.25, 0.3) is 11.8 Å². The van der Waals surface area contributed by atoms with Crippen LogP contribution in [0.2, 0.25) is 0 Å². The molecule has 2 aromatic carbocycles. The topological polar surface area (TPSA) is 111 Å². The summed E-state index contributed by atoms with van der Waals surface area (Å²) in [6.45, 7) is -0.546. The molecular weight excluding hydrogens is 364 g/mol. The maximum absolute atomic E-state index is 12.5. The lowest BCUT2D eigenvalue weighted by atomic mass is 9.94. The molecule has 2 rings (SSSR count). The molecule has 146 valence electrons. The summed E-state index contributed by atoms with van der Waals surface area (Å²) in [5.41, 5.74) is 1.60. The molecule has 0 aromatic heterocycles. The SMILES string of the molecule is COC(=O)CNC(=O)c1ccccc1-c1ccccc1C(=O)NCC(=O)OC. The van der Waals surface area contributed by atoms with Gasteiger partial charge < -0.3 is 20.1 Å². The molecule has 28 heavy (non-hydrogen) atoms. The lowest BCUT2D eigenvalue weighted by molar-refractivity contribution is -0.140. The number of hydrogen-bond donors (Lipinski definition) is 2. The molecule has 2 N–H and O–H groups in total. The fourth-order valence-electron chi connectivity index (χ4n) is 2.47. The lowest BCUT2D eigenvalue weighted by Gasteiger charge is -2.13. The van der Waals surface area contributed by atoms with E-state index in [4.69, 9.17) is 0 Å². The molecule has 0 aliphatic rings. The van der Waals surface area contributed by atoms with Crippen molar-refractivity contribution in [1.82, 2.24) is 10.6 Å². The number of carbonyl (C=O) groups excluding carboxylic acids is 4. The van der Waals surface area contributed by atoms with Gasteiger partial charge in [0.2, 0.25) is 0 Å². The van der Waals surface area contributed by atoms with Crippen molar-refractivity contribution in [2.45, 2.75) is 0 Å². The van der Waals surface area contributed by atoms with Gasteiger partial charge in [-0.1, -0.05) is 36.4 Å². The van der Waals surface area contributed by atoms with E-state index >= 15 is 0 Å². The minimum Gasteiger partial charge on any atom is -0.468 e. The fourth-order valence-corrected chi connectivity index (χ4v) is 2.47. The second-order valence-corrected chi connectivity index (χ2v) is 5.61. The monoisotopic (exact) mass is 384 g/mol. The third-order valence-corrected chi connectivity index (χ3v) is 3.88. The molecule has 0 unspecified atom stereocenters. The van der Waals surface area contributed by atoms with E-state index in [9.17, 15) is 19.2 Å². The number of esters is 2. The van der Waals surface area contributed by atoms with Gasteiger partial charge in [-0.15, -0.1) is 0 Å². The van der Waals surface area contributed by atoms with Crippen molar-refractivity contribution in [3.63, 3.8) is 0 Å². The predicted molar refractivity (Wildman–Crippen MR) is 101 cm³/mol. The Morgan fingerprint density at radius 1 is 0.679 bits per heavy atom. The Hall–Kier alpha value is -3.68. The number of carbonyl (C=O) groups is 4. The van der Waals surface area contributed by atoms with Crippen molar-refractivity contribution in [3.8, 4) is 11.1 Å². The van der Waals surface area contributed by atoms with E-state index in [0.29, 0.717) is 22.3 Å². The first-order valence-electron chi connectivity index (χ1n) is 8.36. The Labute approximate surface area is 161 Å². The van der Waals surface area contributed by atoms with Crippen LogP contribution in [0.25, 0.3) is 11.1 Å². The molecule has 0 saturated carbocycles. The molecule has 0 fully saturated rings. The zero-order chi connectivity index (χ0) is 20.5. The van der Waals surface area contributed by atoms with Crippen LogP contribution in [0.5, 0.6) is 0 Å². The third-order valence-electron chi connectivity index (χ3n) is 3.88. The Morgan fingerprint density at radius 2 is 1.04 bits per heavy atom. The van der Waals surface area contributed by atoms with Gasteiger partial charge in [-0.2, -0.15) is 0 Å². The summed E-state index contributed by atoms with van der Waals surface area (Å²) >= 11 is 0. The molecule has 8 nitrogen and oxygen atoms in total. The number of benzene rings is 2. The summed E-state index contributed by atoms with van der Waals surface area (Å²) in [6, 6.07) is 13.4. The van der Waals surface area contributed by atoms with Crippen LogP contribution in [0.15, 0.2) is 48.5 Å². The van der Waals surface area contributed by atoms with E-state index in [1.807, 2.05) is 0 Å². The van der Waals surface area contributed by atoms with Crippen molar-refractivity contribution in [3.05, 3.63) is 59.7 Å². The maximum Gasteiger partial charge on any atom is 0.325 e. The summed E-state index contributed by atoms with van der Waals surface area (Å²) in [4.78, 5) is 47.6. The number of hydrogen-bond acceptors (Lipinski definition) is 6. The second-order valence-electron chi connectivity index (χ2n) is 5.61. The van der Waals surface area contributed by atoms with E-state index in [1.165, 1.54) is 14.2 Å². The van der Waals surface area contributed by atoms with Crippen LogP contribution in [-0.2, 0) is 19.1 Å². The molecule has 0 aliphatic carbocycles. The number of rotatable bonds is 7. The minimum atomic E-state index is -0.576. The van der Waals surface area contributed by atoms with Crippen LogP contribution < -0.4 is 10.6 Å². The van der Waals surface area contributed by atoms with Crippen LogP contribution in [0, 0.1) is 0 Å². The highest BCUT2D eigenvalue weighted by Crippen LogP contribution is 2.27. The molecular formula is C20H20N2O6. The number of amides is 2. The van der Waals surface area contributed by atoms with E-state index < -0.39 is 23.8 Å². The number of ether oxygens (including phenoxy) is 2. The summed E-state index contributed by atoms with van der Waals surface area (Å²) in [5, 5.41) is 4.96. The predicted octanol–water partition coefficient (Wildman–Crippen LogP) is 1.16. The van der Waals surface area contributed by atoms with Gasteiger partial charge in [0.1, 0.15) is 13.1 Å². The molecule has 0 bridgehead atoms. The Kier molecular flexibility index (Phi) is 7.27. The van der Waals surface area contributed by atoms with Crippen LogP contribution in [0.4, 0.5) is 0 Å². The molecule has 0 aliphatic heterocycles. The van der Waals surface area contributed by atoms with Crippen molar-refractivity contribution in [2.75, 3.05) is 27.3 Å². The largest absolute Gasteiger partial charge is 0.468 e. The van der Waals surface area contributed by atoms with Crippen LogP contribution >= 0.6 is 0 Å². The van der Waals surface area contributed by atoms with Crippen LogP contribution in [0.1, 0.15) is 20.7 Å². The molecule has 0 heterocycles. The quantitative estimate of drug-likeness (QED) is 0.693. The third kappa shape index (κ3) is 5.16. The van der Waals surface area contributed by atoms with Gasteiger partial charge in [0.05, 0.1) is 14.2 Å². The van der Waals surface area contributed by atoms with E-state index in [1.54, 1.807) is 48.5 Å². The van der Waals surface area contributed by atoms with E-state index in [0.717, 1.165) is 0 Å². The van der Waals surface area contributed by atoms with Crippen LogP contribution in [0.3, 0.4) is 0 Å². The van der Waals surface area contributed by atoms with E-state index in [-0.39, 0.29) is 13.1 Å². The molecule has 0 saturated heterocycles. The van der Waals surface area contributed by atoms with Gasteiger partial charge in [-0.3, -0.25) is 19.2 Å². The van der Waals surface area contributed by atoms with Crippen molar-refractivity contribution in [2.24, 2.45) is 0 Å². The summed E-state index contributed by atoms with van der Waals surface area (Å²) in [7, 11) is 2.46. The summed E-state index contributed by atoms with van der Waals surface area (Å²) < 4.78 is 9.03. The zero-order valence-electron chi connectivity index (χ0n) is 15.5. The van der Waals surface area contributed by atoms with Gasteiger partial charge in [0.15, 0.2) is 0 Å². The van der Waals surface area contributed by atoms with Gasteiger partial charge >= 0.3 is 11.9 Å². The molecule has 0 spiro atoms. The minimum absolute atomic E-state index is 0.273. The first-order valence-corrected chi connectivity index (χ1v) is 8.36. The Morgan fingerprint density at radius 3 is 1.39 bits per heavy atom. The fraction of sp³-hybridized carbons (Fsp3) is 0.200. The van der Waals surface area contributed by atoms with E-state index in [2.05, 4.69) is 20.1 Å². The summed E-state index contributed by atoms with van der Waals surface area (Å²) in [6.07, 6.45) is 0. The molecule has 2 aromatic rings. The average Bonchev–Trinajstić information content (AvgIpc) is 2.75. The van der Waals surface area contributed by atoms with Gasteiger partial charge in [-0.25, -0.2) is 0 Å². The van der Waals surface area contributed by atoms with Crippen LogP contribution in [-0.4, -0.2) is 51.1 Å². The highest BCUT2D eigenvalue weighted by atomic mass is 16.5. The smallest absolute Gasteiger partial charge is 0.325 e. The summed E-state index contributed by atoms with van der Waals surface area (Å²) in [5.74, 6) is -2.11. The van der Waals surface area contributed by atoms with Crippen molar-refractivity contribution in [1.29, 1.82) is 0 Å². The normalized spacial score (nSPS) is 9.93. The first kappa shape index (κ1) is 20.6. The Bertz CT molecular complexity index is 820. The molecule has 0 radical (unpaired) electrons. The number of methoxy groups -OCH3 is 2. The second kappa shape index (κ2) is 9.86. The molecule has 0 atom stereocenters. The highest BCUT2D eigenvalue weighted by molar-refractivity contribution is 6.07. The standard InChI is InChI=1S/C20H20N2O6/c1-27-17(23)11-21-19(25)15-9-5-3-7-13(15)14-8-4-6-10-16(14)20(26)22-12-18(24)28-2/h3-10H,11-12H2,1-2H3,(H,21,25)(H,22,26). The molecule has 8 heteroatoms. The van der Waals surface area contributed by atoms with Crippen molar-refractivity contribution >= 4 is 23.8 Å². The molecule has 2 amide bonds. The van der Waals surface area contributed by atoms with Gasteiger partial charge in [0, 0.05) is 11.1 Å². The first-order chi connectivity index (χ1) is 13.5. The average molecular weight is 384 g/mol. The number of nitrogens with one attached hydrogen (secondary N) is 2. The van der Waals surface area contributed by atoms with Crippen molar-refractivity contribution < 1.29 is 28.7 Å². The maximum atomic E-state index is 12.5. The zero-order valence-corrected chi connectivity index (χ0v) is 15.5. The van der Waals surface area contributed by atoms with Gasteiger partial charge in [-0.05, 0) is 23.3 Å². The Balaban J connectivity index is 2.33.